The number of hydrogen-bond donors (Lipinski definition) is 1. The topological polar surface area (TPSA) is 107 Å². The van der Waals surface area contributed by atoms with Crippen molar-refractivity contribution in [2.75, 3.05) is 5.32 Å². The van der Waals surface area contributed by atoms with Gasteiger partial charge in [0.15, 0.2) is 5.78 Å². The van der Waals surface area contributed by atoms with Crippen LogP contribution in [0.5, 0.6) is 0 Å². The normalized spacial score (nSPS) is 10.3. The lowest BCUT2D eigenvalue weighted by Crippen LogP contribution is -2.19. The Bertz CT molecular complexity index is 751. The number of nitro groups is 1. The van der Waals surface area contributed by atoms with Gasteiger partial charge < -0.3 is 15.4 Å². The zero-order valence-electron chi connectivity index (χ0n) is 12.1. The molecule has 1 heterocycles. The van der Waals surface area contributed by atoms with E-state index in [0.29, 0.717) is 17.1 Å². The van der Waals surface area contributed by atoms with E-state index in [9.17, 15) is 19.7 Å². The number of amides is 1. The van der Waals surface area contributed by atoms with Crippen molar-refractivity contribution >= 4 is 23.2 Å². The van der Waals surface area contributed by atoms with Crippen molar-refractivity contribution in [3.63, 3.8) is 0 Å². The zero-order valence-corrected chi connectivity index (χ0v) is 12.1. The molecule has 1 N–H and O–H groups in total. The number of carbonyl (C=O) groups excluding carboxylic acids is 2. The third-order valence-corrected chi connectivity index (χ3v) is 3.02. The minimum Gasteiger partial charge on any atom is -0.358 e. The smallest absolute Gasteiger partial charge is 0.358 e. The van der Waals surface area contributed by atoms with Crippen LogP contribution >= 0.6 is 0 Å². The van der Waals surface area contributed by atoms with Crippen molar-refractivity contribution in [3.05, 3.63) is 52.0 Å². The van der Waals surface area contributed by atoms with Crippen LogP contribution < -0.4 is 5.32 Å². The van der Waals surface area contributed by atoms with Crippen molar-refractivity contribution in [3.8, 4) is 0 Å². The summed E-state index contributed by atoms with van der Waals surface area (Å²) < 4.78 is 1.39. The summed E-state index contributed by atoms with van der Waals surface area (Å²) >= 11 is 0. The third-order valence-electron chi connectivity index (χ3n) is 3.02. The van der Waals surface area contributed by atoms with Crippen LogP contribution in [-0.2, 0) is 11.3 Å². The van der Waals surface area contributed by atoms with Gasteiger partial charge in [-0.25, -0.2) is 0 Å². The second kappa shape index (κ2) is 6.17. The molecule has 1 aromatic carbocycles. The average molecular weight is 302 g/mol. The van der Waals surface area contributed by atoms with E-state index in [1.807, 2.05) is 0 Å². The van der Waals surface area contributed by atoms with Gasteiger partial charge in [-0.3, -0.25) is 14.2 Å². The Morgan fingerprint density at radius 3 is 2.73 bits per heavy atom. The van der Waals surface area contributed by atoms with E-state index >= 15 is 0 Å². The standard InChI is InChI=1S/C14H14N4O4/c1-9(19)11-4-3-5-12(6-11)16-14(20)8-17-7-13(18(21)22)15-10(17)2/h3-7H,8H2,1-2H3,(H,16,20). The van der Waals surface area contributed by atoms with Crippen molar-refractivity contribution in [1.82, 2.24) is 9.55 Å². The molecule has 0 atom stereocenters. The van der Waals surface area contributed by atoms with Gasteiger partial charge in [-0.05, 0) is 29.0 Å². The number of aryl methyl sites for hydroxylation is 1. The molecule has 8 nitrogen and oxygen atoms in total. The zero-order chi connectivity index (χ0) is 16.3. The molecule has 1 aromatic heterocycles. The number of aromatic nitrogens is 2. The minimum atomic E-state index is -0.613. The molecule has 8 heteroatoms. The van der Waals surface area contributed by atoms with Crippen LogP contribution in [0.15, 0.2) is 30.5 Å². The summed E-state index contributed by atoms with van der Waals surface area (Å²) in [6.07, 6.45) is 1.21. The number of hydrogen-bond acceptors (Lipinski definition) is 5. The maximum absolute atomic E-state index is 12.0. The summed E-state index contributed by atoms with van der Waals surface area (Å²) in [5.74, 6) is -0.392. The lowest BCUT2D eigenvalue weighted by atomic mass is 10.1. The second-order valence-corrected chi connectivity index (χ2v) is 4.72. The van der Waals surface area contributed by atoms with Crippen LogP contribution in [-0.4, -0.2) is 26.2 Å². The van der Waals surface area contributed by atoms with Gasteiger partial charge in [-0.2, -0.15) is 0 Å². The molecule has 22 heavy (non-hydrogen) atoms. The van der Waals surface area contributed by atoms with Crippen LogP contribution in [0.1, 0.15) is 23.1 Å². The summed E-state index contributed by atoms with van der Waals surface area (Å²) in [7, 11) is 0. The molecule has 2 aromatic rings. The minimum absolute atomic E-state index is 0.0998. The predicted molar refractivity (Wildman–Crippen MR) is 78.7 cm³/mol. The summed E-state index contributed by atoms with van der Waals surface area (Å²) in [6.45, 7) is 2.92. The molecule has 0 saturated carbocycles. The molecular formula is C14H14N4O4. The Hall–Kier alpha value is -3.03. The van der Waals surface area contributed by atoms with E-state index in [4.69, 9.17) is 0 Å². The number of anilines is 1. The second-order valence-electron chi connectivity index (χ2n) is 4.72. The molecule has 2 rings (SSSR count). The van der Waals surface area contributed by atoms with Gasteiger partial charge in [0.1, 0.15) is 12.7 Å². The molecule has 0 aliphatic heterocycles. The highest BCUT2D eigenvalue weighted by Gasteiger charge is 2.17. The maximum Gasteiger partial charge on any atom is 0.381 e. The number of Topliss-reactive ketones (excluding diaryl/α,β-unsaturated/α-hetero) is 1. The van der Waals surface area contributed by atoms with Crippen molar-refractivity contribution in [2.45, 2.75) is 20.4 Å². The van der Waals surface area contributed by atoms with Gasteiger partial charge in [-0.1, -0.05) is 12.1 Å². The quantitative estimate of drug-likeness (QED) is 0.516. The molecule has 0 unspecified atom stereocenters. The molecular weight excluding hydrogens is 288 g/mol. The van der Waals surface area contributed by atoms with Crippen molar-refractivity contribution in [2.24, 2.45) is 0 Å². The molecule has 0 aliphatic carbocycles. The SMILES string of the molecule is CC(=O)c1cccc(NC(=O)Cn2cc([N+](=O)[O-])nc2C)c1. The summed E-state index contributed by atoms with van der Waals surface area (Å²) in [4.78, 5) is 37.1. The fourth-order valence-corrected chi connectivity index (χ4v) is 1.91. The molecule has 0 saturated heterocycles. The van der Waals surface area contributed by atoms with E-state index in [2.05, 4.69) is 10.3 Å². The Balaban J connectivity index is 2.09. The van der Waals surface area contributed by atoms with Gasteiger partial charge in [-0.15, -0.1) is 0 Å². The Kier molecular flexibility index (Phi) is 4.31. The van der Waals surface area contributed by atoms with E-state index < -0.39 is 4.92 Å². The summed E-state index contributed by atoms with van der Waals surface area (Å²) in [5.41, 5.74) is 0.984. The monoisotopic (exact) mass is 302 g/mol. The van der Waals surface area contributed by atoms with Crippen LogP contribution in [0.3, 0.4) is 0 Å². The van der Waals surface area contributed by atoms with E-state index in [1.165, 1.54) is 17.7 Å². The fraction of sp³-hybridized carbons (Fsp3) is 0.214. The number of ketones is 1. The highest BCUT2D eigenvalue weighted by Crippen LogP contribution is 2.13. The Morgan fingerprint density at radius 2 is 2.14 bits per heavy atom. The molecule has 0 bridgehead atoms. The fourth-order valence-electron chi connectivity index (χ4n) is 1.91. The molecule has 0 radical (unpaired) electrons. The van der Waals surface area contributed by atoms with Gasteiger partial charge in [0, 0.05) is 18.2 Å². The lowest BCUT2D eigenvalue weighted by Gasteiger charge is -2.07. The van der Waals surface area contributed by atoms with Crippen LogP contribution in [0, 0.1) is 17.0 Å². The van der Waals surface area contributed by atoms with Gasteiger partial charge in [0.05, 0.1) is 0 Å². The number of nitrogens with zero attached hydrogens (tertiary/aromatic N) is 3. The van der Waals surface area contributed by atoms with E-state index in [-0.39, 0.29) is 24.1 Å². The number of rotatable bonds is 5. The summed E-state index contributed by atoms with van der Waals surface area (Å²) in [6, 6.07) is 6.55. The number of nitrogens with one attached hydrogen (secondary N) is 1. The number of imidazole rings is 1. The molecule has 0 aliphatic rings. The Labute approximate surface area is 125 Å². The first kappa shape index (κ1) is 15.4. The predicted octanol–water partition coefficient (Wildman–Crippen LogP) is 1.94. The van der Waals surface area contributed by atoms with Crippen LogP contribution in [0.4, 0.5) is 11.5 Å². The highest BCUT2D eigenvalue weighted by atomic mass is 16.6. The highest BCUT2D eigenvalue weighted by molar-refractivity contribution is 5.97. The molecule has 0 fully saturated rings. The van der Waals surface area contributed by atoms with E-state index in [1.54, 1.807) is 31.2 Å². The van der Waals surface area contributed by atoms with Crippen LogP contribution in [0.25, 0.3) is 0 Å². The molecule has 114 valence electrons. The first-order valence-corrected chi connectivity index (χ1v) is 6.46. The van der Waals surface area contributed by atoms with Gasteiger partial charge in [0.2, 0.25) is 11.7 Å². The first-order valence-electron chi connectivity index (χ1n) is 6.46. The average Bonchev–Trinajstić information content (AvgIpc) is 2.80. The maximum atomic E-state index is 12.0. The summed E-state index contributed by atoms with van der Waals surface area (Å²) in [5, 5.41) is 13.3. The molecule has 0 spiro atoms. The van der Waals surface area contributed by atoms with Crippen molar-refractivity contribution in [1.29, 1.82) is 0 Å². The number of benzene rings is 1. The van der Waals surface area contributed by atoms with Gasteiger partial charge in [0.25, 0.3) is 0 Å². The lowest BCUT2D eigenvalue weighted by molar-refractivity contribution is -0.389. The number of carbonyl (C=O) groups is 2. The van der Waals surface area contributed by atoms with Crippen molar-refractivity contribution < 1.29 is 14.5 Å². The molecule has 1 amide bonds. The van der Waals surface area contributed by atoms with Crippen LogP contribution in [0.2, 0.25) is 0 Å². The largest absolute Gasteiger partial charge is 0.381 e. The Morgan fingerprint density at radius 1 is 1.41 bits per heavy atom. The third kappa shape index (κ3) is 3.54. The van der Waals surface area contributed by atoms with E-state index in [0.717, 1.165) is 0 Å². The van der Waals surface area contributed by atoms with Gasteiger partial charge >= 0.3 is 5.82 Å². The first-order chi connectivity index (χ1) is 10.4.